The maximum absolute atomic E-state index is 12.6. The topological polar surface area (TPSA) is 65.1 Å². The number of nitrogens with zero attached hydrogens (tertiary/aromatic N) is 1. The van der Waals surface area contributed by atoms with E-state index in [2.05, 4.69) is 0 Å². The van der Waals surface area contributed by atoms with Crippen LogP contribution < -0.4 is 4.74 Å². The molecular formula is C20H27NO5. The van der Waals surface area contributed by atoms with Gasteiger partial charge in [0.2, 0.25) is 5.91 Å². The Morgan fingerprint density at radius 3 is 2.65 bits per heavy atom. The van der Waals surface area contributed by atoms with Gasteiger partial charge in [0.25, 0.3) is 0 Å². The number of rotatable bonds is 5. The van der Waals surface area contributed by atoms with Crippen molar-refractivity contribution in [2.45, 2.75) is 38.7 Å². The fourth-order valence-electron chi connectivity index (χ4n) is 3.62. The predicted molar refractivity (Wildman–Crippen MR) is 96.7 cm³/mol. The maximum Gasteiger partial charge on any atom is 0.248 e. The summed E-state index contributed by atoms with van der Waals surface area (Å²) in [5.74, 6) is 0.839. The van der Waals surface area contributed by atoms with Crippen molar-refractivity contribution in [1.82, 2.24) is 4.90 Å². The SMILES string of the molecule is COCCOCC(=O)N1CCC2(CC1)CC(=O)c1ccc(C)c(C)c1O2. The number of methoxy groups -OCH3 is 1. The molecule has 2 heterocycles. The Balaban J connectivity index is 1.63. The van der Waals surface area contributed by atoms with E-state index in [1.54, 1.807) is 12.0 Å². The Bertz CT molecular complexity index is 692. The number of carbonyl (C=O) groups is 2. The Morgan fingerprint density at radius 2 is 1.96 bits per heavy atom. The van der Waals surface area contributed by atoms with Crippen molar-refractivity contribution in [2.75, 3.05) is 40.0 Å². The number of piperidine rings is 1. The number of ketones is 1. The largest absolute Gasteiger partial charge is 0.486 e. The summed E-state index contributed by atoms with van der Waals surface area (Å²) in [6, 6.07) is 3.83. The van der Waals surface area contributed by atoms with Crippen molar-refractivity contribution in [2.24, 2.45) is 0 Å². The molecule has 2 aliphatic rings. The van der Waals surface area contributed by atoms with Crippen LogP contribution in [0, 0.1) is 13.8 Å². The van der Waals surface area contributed by atoms with E-state index in [4.69, 9.17) is 14.2 Å². The van der Waals surface area contributed by atoms with Gasteiger partial charge in [0.05, 0.1) is 25.2 Å². The minimum atomic E-state index is -0.490. The van der Waals surface area contributed by atoms with Crippen LogP contribution in [-0.4, -0.2) is 62.2 Å². The molecular weight excluding hydrogens is 334 g/mol. The van der Waals surface area contributed by atoms with Gasteiger partial charge in [0, 0.05) is 33.0 Å². The summed E-state index contributed by atoms with van der Waals surface area (Å²) >= 11 is 0. The average Bonchev–Trinajstić information content (AvgIpc) is 2.63. The van der Waals surface area contributed by atoms with Crippen molar-refractivity contribution in [3.05, 3.63) is 28.8 Å². The molecule has 3 rings (SSSR count). The molecule has 6 heteroatoms. The van der Waals surface area contributed by atoms with Crippen LogP contribution >= 0.6 is 0 Å². The number of ether oxygens (including phenoxy) is 3. The van der Waals surface area contributed by atoms with E-state index in [9.17, 15) is 9.59 Å². The standard InChI is InChI=1S/C20H27NO5/c1-14-4-5-16-17(22)12-20(26-19(16)15(14)2)6-8-21(9-7-20)18(23)13-25-11-10-24-3/h4-5H,6-13H2,1-3H3. The van der Waals surface area contributed by atoms with Gasteiger partial charge < -0.3 is 19.1 Å². The van der Waals surface area contributed by atoms with Gasteiger partial charge >= 0.3 is 0 Å². The molecule has 26 heavy (non-hydrogen) atoms. The second-order valence-corrected chi connectivity index (χ2v) is 7.20. The lowest BCUT2D eigenvalue weighted by Crippen LogP contribution is -2.53. The van der Waals surface area contributed by atoms with E-state index in [1.165, 1.54) is 0 Å². The number of fused-ring (bicyclic) bond motifs is 1. The lowest BCUT2D eigenvalue weighted by molar-refractivity contribution is -0.140. The molecule has 1 spiro atoms. The Labute approximate surface area is 154 Å². The smallest absolute Gasteiger partial charge is 0.248 e. The Kier molecular flexibility index (Phi) is 5.63. The van der Waals surface area contributed by atoms with Gasteiger partial charge in [-0.15, -0.1) is 0 Å². The fourth-order valence-corrected chi connectivity index (χ4v) is 3.62. The molecule has 0 unspecified atom stereocenters. The summed E-state index contributed by atoms with van der Waals surface area (Å²) in [6.07, 6.45) is 1.71. The first-order valence-corrected chi connectivity index (χ1v) is 9.13. The van der Waals surface area contributed by atoms with E-state index in [0.717, 1.165) is 16.9 Å². The number of likely N-dealkylation sites (tertiary alicyclic amines) is 1. The zero-order valence-corrected chi connectivity index (χ0v) is 15.8. The van der Waals surface area contributed by atoms with Gasteiger partial charge in [-0.25, -0.2) is 0 Å². The Morgan fingerprint density at radius 1 is 1.23 bits per heavy atom. The molecule has 0 aromatic heterocycles. The Hall–Kier alpha value is -1.92. The highest BCUT2D eigenvalue weighted by Crippen LogP contribution is 2.41. The third-order valence-corrected chi connectivity index (χ3v) is 5.46. The number of Topliss-reactive ketones (excluding diaryl/α,β-unsaturated/α-hetero) is 1. The average molecular weight is 361 g/mol. The number of benzene rings is 1. The van der Waals surface area contributed by atoms with Crippen LogP contribution in [0.1, 0.15) is 40.7 Å². The molecule has 0 bridgehead atoms. The molecule has 1 fully saturated rings. The van der Waals surface area contributed by atoms with Crippen LogP contribution in [0.5, 0.6) is 5.75 Å². The molecule has 142 valence electrons. The van der Waals surface area contributed by atoms with E-state index >= 15 is 0 Å². The summed E-state index contributed by atoms with van der Waals surface area (Å²) in [5, 5.41) is 0. The molecule has 0 atom stereocenters. The summed E-state index contributed by atoms with van der Waals surface area (Å²) < 4.78 is 16.6. The first-order chi connectivity index (χ1) is 12.5. The summed E-state index contributed by atoms with van der Waals surface area (Å²) in [4.78, 5) is 26.7. The van der Waals surface area contributed by atoms with Crippen molar-refractivity contribution in [3.63, 3.8) is 0 Å². The molecule has 2 aliphatic heterocycles. The molecule has 0 aliphatic carbocycles. The second-order valence-electron chi connectivity index (χ2n) is 7.20. The number of amides is 1. The van der Waals surface area contributed by atoms with Gasteiger partial charge in [-0.05, 0) is 31.0 Å². The highest BCUT2D eigenvalue weighted by atomic mass is 16.5. The summed E-state index contributed by atoms with van der Waals surface area (Å²) in [7, 11) is 1.60. The first-order valence-electron chi connectivity index (χ1n) is 9.13. The van der Waals surface area contributed by atoms with Crippen LogP contribution in [-0.2, 0) is 14.3 Å². The zero-order valence-electron chi connectivity index (χ0n) is 15.8. The van der Waals surface area contributed by atoms with Crippen molar-refractivity contribution in [3.8, 4) is 5.75 Å². The molecule has 6 nitrogen and oxygen atoms in total. The maximum atomic E-state index is 12.6. The second kappa shape index (κ2) is 7.76. The zero-order chi connectivity index (χ0) is 18.7. The monoisotopic (exact) mass is 361 g/mol. The molecule has 0 N–H and O–H groups in total. The molecule has 1 saturated heterocycles. The third-order valence-electron chi connectivity index (χ3n) is 5.46. The minimum absolute atomic E-state index is 0.0227. The third kappa shape index (κ3) is 3.76. The fraction of sp³-hybridized carbons (Fsp3) is 0.600. The molecule has 1 aromatic rings. The number of aryl methyl sites for hydroxylation is 1. The van der Waals surface area contributed by atoms with Crippen LogP contribution in [0.3, 0.4) is 0 Å². The highest BCUT2D eigenvalue weighted by molar-refractivity contribution is 6.01. The van der Waals surface area contributed by atoms with Crippen molar-refractivity contribution in [1.29, 1.82) is 0 Å². The van der Waals surface area contributed by atoms with E-state index in [0.29, 0.717) is 51.1 Å². The minimum Gasteiger partial charge on any atom is -0.486 e. The van der Waals surface area contributed by atoms with E-state index in [-0.39, 0.29) is 18.3 Å². The number of hydrogen-bond acceptors (Lipinski definition) is 5. The van der Waals surface area contributed by atoms with Crippen LogP contribution in [0.4, 0.5) is 0 Å². The van der Waals surface area contributed by atoms with Crippen LogP contribution in [0.2, 0.25) is 0 Å². The molecule has 1 amide bonds. The summed E-state index contributed by atoms with van der Waals surface area (Å²) in [6.45, 7) is 6.14. The lowest BCUT2D eigenvalue weighted by atomic mass is 9.81. The van der Waals surface area contributed by atoms with Crippen molar-refractivity contribution < 1.29 is 23.8 Å². The van der Waals surface area contributed by atoms with Crippen LogP contribution in [0.15, 0.2) is 12.1 Å². The molecule has 0 radical (unpaired) electrons. The quantitative estimate of drug-likeness (QED) is 0.753. The summed E-state index contributed by atoms with van der Waals surface area (Å²) in [5.41, 5.74) is 2.34. The molecule has 1 aromatic carbocycles. The van der Waals surface area contributed by atoms with Crippen LogP contribution in [0.25, 0.3) is 0 Å². The van der Waals surface area contributed by atoms with E-state index in [1.807, 2.05) is 26.0 Å². The first kappa shape index (κ1) is 18.9. The van der Waals surface area contributed by atoms with Gasteiger partial charge in [-0.2, -0.15) is 0 Å². The van der Waals surface area contributed by atoms with Gasteiger partial charge in [-0.1, -0.05) is 6.07 Å². The lowest BCUT2D eigenvalue weighted by Gasteiger charge is -2.44. The van der Waals surface area contributed by atoms with Gasteiger partial charge in [-0.3, -0.25) is 9.59 Å². The van der Waals surface area contributed by atoms with Crippen molar-refractivity contribution >= 4 is 11.7 Å². The number of carbonyl (C=O) groups excluding carboxylic acids is 2. The highest BCUT2D eigenvalue weighted by Gasteiger charge is 2.44. The van der Waals surface area contributed by atoms with Gasteiger partial charge in [0.15, 0.2) is 5.78 Å². The predicted octanol–water partition coefficient (Wildman–Crippen LogP) is 2.29. The van der Waals surface area contributed by atoms with E-state index < -0.39 is 5.60 Å². The normalized spacial score (nSPS) is 18.6. The van der Waals surface area contributed by atoms with Gasteiger partial charge in [0.1, 0.15) is 18.0 Å². The number of hydrogen-bond donors (Lipinski definition) is 0. The molecule has 0 saturated carbocycles.